The Labute approximate surface area is 243 Å². The molecule has 0 radical (unpaired) electrons. The van der Waals surface area contributed by atoms with Crippen molar-refractivity contribution in [3.05, 3.63) is 11.8 Å². The Morgan fingerprint density at radius 3 is 2.33 bits per heavy atom. The first-order valence-corrected chi connectivity index (χ1v) is 14.3. The van der Waals surface area contributed by atoms with E-state index in [-0.39, 0.29) is 17.9 Å². The van der Waals surface area contributed by atoms with E-state index in [1.165, 1.54) is 20.5 Å². The molecule has 14 atom stereocenters. The van der Waals surface area contributed by atoms with Gasteiger partial charge in [-0.15, -0.1) is 0 Å². The number of esters is 3. The van der Waals surface area contributed by atoms with Crippen molar-refractivity contribution in [2.24, 2.45) is 41.4 Å². The highest BCUT2D eigenvalue weighted by atomic mass is 16.8. The van der Waals surface area contributed by atoms with E-state index < -0.39 is 110 Å². The van der Waals surface area contributed by atoms with Gasteiger partial charge in [-0.05, 0) is 31.1 Å². The molecule has 0 aromatic carbocycles. The van der Waals surface area contributed by atoms with Crippen molar-refractivity contribution < 1.29 is 68.3 Å². The zero-order valence-electron chi connectivity index (χ0n) is 24.1. The molecule has 2 aliphatic carbocycles. The molecule has 0 unspecified atom stereocenters. The summed E-state index contributed by atoms with van der Waals surface area (Å²) < 4.78 is 32.9. The highest BCUT2D eigenvalue weighted by Crippen LogP contribution is 2.49. The van der Waals surface area contributed by atoms with Gasteiger partial charge in [0.2, 0.25) is 6.29 Å². The summed E-state index contributed by atoms with van der Waals surface area (Å²) in [7, 11) is 2.51. The molecule has 4 rings (SSSR count). The fourth-order valence-corrected chi connectivity index (χ4v) is 7.09. The molecule has 14 heteroatoms. The average Bonchev–Trinajstić information content (AvgIpc) is 3.52. The van der Waals surface area contributed by atoms with E-state index in [9.17, 15) is 39.9 Å². The summed E-state index contributed by atoms with van der Waals surface area (Å²) in [4.78, 5) is 38.5. The molecule has 0 amide bonds. The maximum Gasteiger partial charge on any atom is 0.337 e. The van der Waals surface area contributed by atoms with Gasteiger partial charge in [-0.2, -0.15) is 0 Å². The van der Waals surface area contributed by atoms with Crippen LogP contribution in [0.15, 0.2) is 11.8 Å². The topological polar surface area (TPSA) is 208 Å². The van der Waals surface area contributed by atoms with Gasteiger partial charge in [0.25, 0.3) is 0 Å². The largest absolute Gasteiger partial charge is 0.472 e. The number of aliphatic hydroxyl groups excluding tert-OH is 5. The molecular weight excluding hydrogens is 560 g/mol. The first-order valence-electron chi connectivity index (χ1n) is 14.3. The minimum atomic E-state index is -1.68. The lowest BCUT2D eigenvalue weighted by Crippen LogP contribution is -2.60. The lowest BCUT2D eigenvalue weighted by Gasteiger charge is -2.43. The first-order chi connectivity index (χ1) is 20.0. The number of carbonyl (C=O) groups is 3. The van der Waals surface area contributed by atoms with Crippen LogP contribution < -0.4 is 0 Å². The van der Waals surface area contributed by atoms with Crippen LogP contribution in [0.4, 0.5) is 0 Å². The zero-order chi connectivity index (χ0) is 30.9. The van der Waals surface area contributed by atoms with Crippen LogP contribution in [0.2, 0.25) is 0 Å². The summed E-state index contributed by atoms with van der Waals surface area (Å²) in [6, 6.07) is 0. The second-order valence-corrected chi connectivity index (χ2v) is 11.7. The number of aliphatic hydroxyl groups is 5. The standard InChI is InChI=1S/C28H42O14/c1-11-5-6-13(19(11)26(36)38-4)15(8-29)25(35)40-17-7-14-16(24(34)37-3)10-39-27(20(14)12(17)2)42-28-23(33)22(32)21(31)18(9-30)41-28/h10-15,17-23,27-33H,5-9H2,1-4H3/t11-,12-,13+,14+,15-,17-,18+,19+,20+,21+,22-,23+,27-,28-/m0/s1. The van der Waals surface area contributed by atoms with E-state index in [4.69, 9.17) is 28.4 Å². The molecule has 4 aliphatic rings. The van der Waals surface area contributed by atoms with Crippen LogP contribution in [0.25, 0.3) is 0 Å². The SMILES string of the molecule is COC(=O)C1=CO[C@@H](O[C@@H]2O[C@H](CO)[C@@H](O)[C@H](O)[C@H]2O)[C@@H]2[C@@H](C)[C@@H](OC(=O)[C@@H](CO)[C@H]3CC[C@H](C)[C@H]3C(=O)OC)C[C@H]12. The molecule has 3 fully saturated rings. The molecule has 2 aliphatic heterocycles. The molecular formula is C28H42O14. The summed E-state index contributed by atoms with van der Waals surface area (Å²) in [5, 5.41) is 50.5. The summed E-state index contributed by atoms with van der Waals surface area (Å²) in [6.07, 6.45) is -6.90. The molecule has 42 heavy (non-hydrogen) atoms. The second-order valence-electron chi connectivity index (χ2n) is 11.7. The Morgan fingerprint density at radius 2 is 1.71 bits per heavy atom. The number of hydrogen-bond donors (Lipinski definition) is 5. The minimum absolute atomic E-state index is 0.0252. The number of ether oxygens (including phenoxy) is 6. The van der Waals surface area contributed by atoms with Crippen LogP contribution in [0.5, 0.6) is 0 Å². The summed E-state index contributed by atoms with van der Waals surface area (Å²) in [6.45, 7) is 2.52. The molecule has 0 spiro atoms. The maximum absolute atomic E-state index is 13.4. The van der Waals surface area contributed by atoms with Gasteiger partial charge in [0.15, 0.2) is 6.29 Å². The third-order valence-corrected chi connectivity index (χ3v) is 9.51. The summed E-state index contributed by atoms with van der Waals surface area (Å²) in [5.41, 5.74) is 0.190. The molecule has 14 nitrogen and oxygen atoms in total. The van der Waals surface area contributed by atoms with Gasteiger partial charge in [-0.1, -0.05) is 13.8 Å². The predicted octanol–water partition coefficient (Wildman–Crippen LogP) is -1.16. The Hall–Kier alpha value is -2.33. The van der Waals surface area contributed by atoms with Crippen molar-refractivity contribution in [3.8, 4) is 0 Å². The summed E-state index contributed by atoms with van der Waals surface area (Å²) in [5.74, 6) is -5.39. The van der Waals surface area contributed by atoms with E-state index in [1.54, 1.807) is 6.92 Å². The first kappa shape index (κ1) is 32.6. The van der Waals surface area contributed by atoms with Gasteiger partial charge in [-0.25, -0.2) is 4.79 Å². The Balaban J connectivity index is 1.53. The highest BCUT2D eigenvalue weighted by molar-refractivity contribution is 5.89. The third kappa shape index (κ3) is 6.03. The molecule has 2 heterocycles. The van der Waals surface area contributed by atoms with Crippen molar-refractivity contribution >= 4 is 17.9 Å². The van der Waals surface area contributed by atoms with E-state index in [0.29, 0.717) is 12.8 Å². The number of rotatable bonds is 9. The number of carbonyl (C=O) groups excluding carboxylic acids is 3. The Kier molecular flexibility index (Phi) is 10.5. The fourth-order valence-electron chi connectivity index (χ4n) is 7.09. The van der Waals surface area contributed by atoms with Gasteiger partial charge < -0.3 is 54.0 Å². The van der Waals surface area contributed by atoms with Crippen molar-refractivity contribution in [1.29, 1.82) is 0 Å². The zero-order valence-corrected chi connectivity index (χ0v) is 24.1. The van der Waals surface area contributed by atoms with Crippen LogP contribution in [0.1, 0.15) is 33.1 Å². The van der Waals surface area contributed by atoms with Crippen molar-refractivity contribution in [3.63, 3.8) is 0 Å². The lowest BCUT2D eigenvalue weighted by molar-refractivity contribution is -0.342. The molecule has 0 aromatic rings. The predicted molar refractivity (Wildman–Crippen MR) is 138 cm³/mol. The van der Waals surface area contributed by atoms with Gasteiger partial charge in [0.1, 0.15) is 30.5 Å². The minimum Gasteiger partial charge on any atom is -0.472 e. The van der Waals surface area contributed by atoms with E-state index in [2.05, 4.69) is 0 Å². The van der Waals surface area contributed by atoms with Crippen LogP contribution in [-0.2, 0) is 42.8 Å². The van der Waals surface area contributed by atoms with Gasteiger partial charge in [-0.3, -0.25) is 9.59 Å². The average molecular weight is 603 g/mol. The quantitative estimate of drug-likeness (QED) is 0.156. The normalized spacial score (nSPS) is 42.1. The highest BCUT2D eigenvalue weighted by Gasteiger charge is 2.55. The second kappa shape index (κ2) is 13.5. The van der Waals surface area contributed by atoms with Gasteiger partial charge in [0.05, 0.1) is 51.1 Å². The maximum atomic E-state index is 13.4. The third-order valence-electron chi connectivity index (χ3n) is 9.51. The fraction of sp³-hybridized carbons (Fsp3) is 0.821. The van der Waals surface area contributed by atoms with Crippen molar-refractivity contribution in [1.82, 2.24) is 0 Å². The molecule has 2 saturated carbocycles. The smallest absolute Gasteiger partial charge is 0.337 e. The Morgan fingerprint density at radius 1 is 1.00 bits per heavy atom. The van der Waals surface area contributed by atoms with Gasteiger partial charge in [0, 0.05) is 17.8 Å². The van der Waals surface area contributed by atoms with Crippen LogP contribution in [-0.4, -0.2) is 114 Å². The monoisotopic (exact) mass is 602 g/mol. The molecule has 1 saturated heterocycles. The van der Waals surface area contributed by atoms with E-state index in [0.717, 1.165) is 0 Å². The van der Waals surface area contributed by atoms with Crippen LogP contribution in [0, 0.1) is 41.4 Å². The Bertz CT molecular complexity index is 1010. The summed E-state index contributed by atoms with van der Waals surface area (Å²) >= 11 is 0. The molecule has 0 bridgehead atoms. The lowest BCUT2D eigenvalue weighted by atomic mass is 9.81. The van der Waals surface area contributed by atoms with Crippen molar-refractivity contribution in [2.45, 2.75) is 76.2 Å². The number of fused-ring (bicyclic) bond motifs is 1. The number of hydrogen-bond acceptors (Lipinski definition) is 14. The van der Waals surface area contributed by atoms with Crippen molar-refractivity contribution in [2.75, 3.05) is 27.4 Å². The van der Waals surface area contributed by atoms with Crippen LogP contribution in [0.3, 0.4) is 0 Å². The van der Waals surface area contributed by atoms with E-state index >= 15 is 0 Å². The van der Waals surface area contributed by atoms with E-state index in [1.807, 2.05) is 6.92 Å². The molecule has 5 N–H and O–H groups in total. The molecule has 0 aromatic heterocycles. The van der Waals surface area contributed by atoms with Gasteiger partial charge >= 0.3 is 17.9 Å². The van der Waals surface area contributed by atoms with Crippen LogP contribution >= 0.6 is 0 Å². The number of methoxy groups -OCH3 is 2. The molecule has 238 valence electrons.